The highest BCUT2D eigenvalue weighted by Gasteiger charge is 2.44. The van der Waals surface area contributed by atoms with E-state index in [4.69, 9.17) is 9.47 Å². The third kappa shape index (κ3) is 5.08. The van der Waals surface area contributed by atoms with Gasteiger partial charge in [0, 0.05) is 33.5 Å². The Hall–Kier alpha value is -1.47. The lowest BCUT2D eigenvalue weighted by atomic mass is 9.90. The van der Waals surface area contributed by atoms with Crippen LogP contribution in [-0.4, -0.2) is 79.0 Å². The van der Waals surface area contributed by atoms with Crippen LogP contribution in [0.2, 0.25) is 0 Å². The van der Waals surface area contributed by atoms with Crippen molar-refractivity contribution in [3.63, 3.8) is 0 Å². The third-order valence-electron chi connectivity index (χ3n) is 6.50. The zero-order valence-electron chi connectivity index (χ0n) is 17.4. The molecule has 7 nitrogen and oxygen atoms in total. The second-order valence-electron chi connectivity index (χ2n) is 8.39. The first-order chi connectivity index (χ1) is 12.6. The van der Waals surface area contributed by atoms with Crippen LogP contribution in [0.5, 0.6) is 0 Å². The fraction of sp³-hybridized carbons (Fsp3) is 0.850. The number of ether oxygens (including phenoxy) is 2. The molecule has 0 radical (unpaired) electrons. The number of hydrogen-bond acceptors (Lipinski definition) is 6. The fourth-order valence-electron chi connectivity index (χ4n) is 3.99. The van der Waals surface area contributed by atoms with Crippen LogP contribution in [0.4, 0.5) is 0 Å². The van der Waals surface area contributed by atoms with Crippen molar-refractivity contribution < 1.29 is 23.9 Å². The number of amides is 1. The number of carbonyl (C=O) groups excluding carboxylic acids is 3. The minimum absolute atomic E-state index is 0.0324. The van der Waals surface area contributed by atoms with E-state index in [1.54, 1.807) is 25.9 Å². The lowest BCUT2D eigenvalue weighted by Gasteiger charge is -2.38. The van der Waals surface area contributed by atoms with Crippen molar-refractivity contribution in [1.82, 2.24) is 9.80 Å². The number of nitrogens with zero attached hydrogens (tertiary/aromatic N) is 2. The summed E-state index contributed by atoms with van der Waals surface area (Å²) in [5.41, 5.74) is -0.788. The average Bonchev–Trinajstić information content (AvgIpc) is 3.09. The number of esters is 1. The van der Waals surface area contributed by atoms with Gasteiger partial charge in [-0.2, -0.15) is 0 Å². The van der Waals surface area contributed by atoms with Crippen molar-refractivity contribution in [2.24, 2.45) is 5.92 Å². The molecule has 0 N–H and O–H groups in total. The maximum absolute atomic E-state index is 12.4. The molecule has 2 fully saturated rings. The van der Waals surface area contributed by atoms with E-state index in [2.05, 4.69) is 4.90 Å². The molecule has 1 spiro atoms. The number of likely N-dealkylation sites (N-methyl/N-ethyl adjacent to an activating group) is 1. The summed E-state index contributed by atoms with van der Waals surface area (Å²) in [7, 11) is 3.70. The Morgan fingerprint density at radius 3 is 2.52 bits per heavy atom. The first-order valence-corrected chi connectivity index (χ1v) is 9.84. The second kappa shape index (κ2) is 8.69. The molecule has 2 aliphatic heterocycles. The average molecular weight is 383 g/mol. The fourth-order valence-corrected chi connectivity index (χ4v) is 3.99. The Balaban J connectivity index is 2.23. The Morgan fingerprint density at radius 1 is 1.22 bits per heavy atom. The number of likely N-dealkylation sites (tertiary alicyclic amines) is 1. The van der Waals surface area contributed by atoms with Gasteiger partial charge in [-0.1, -0.05) is 0 Å². The Kier molecular flexibility index (Phi) is 7.03. The molecule has 0 aliphatic carbocycles. The van der Waals surface area contributed by atoms with E-state index in [1.165, 1.54) is 0 Å². The number of hydrogen-bond donors (Lipinski definition) is 0. The zero-order chi connectivity index (χ0) is 20.2. The van der Waals surface area contributed by atoms with Crippen molar-refractivity contribution in [2.45, 2.75) is 64.0 Å². The summed E-state index contributed by atoms with van der Waals surface area (Å²) in [6.45, 7) is 7.40. The van der Waals surface area contributed by atoms with Gasteiger partial charge < -0.3 is 14.4 Å². The van der Waals surface area contributed by atoms with Gasteiger partial charge >= 0.3 is 5.97 Å². The largest absolute Gasteiger partial charge is 0.463 e. The number of rotatable bonds is 1. The summed E-state index contributed by atoms with van der Waals surface area (Å²) in [6.07, 6.45) is 3.38. The zero-order valence-corrected chi connectivity index (χ0v) is 17.4. The summed E-state index contributed by atoms with van der Waals surface area (Å²) in [5.74, 6) is -1.33. The molecule has 2 unspecified atom stereocenters. The highest BCUT2D eigenvalue weighted by Crippen LogP contribution is 2.31. The van der Waals surface area contributed by atoms with Crippen molar-refractivity contribution in [3.05, 3.63) is 0 Å². The molecule has 27 heavy (non-hydrogen) atoms. The normalized spacial score (nSPS) is 34.7. The standard InChI is InChI=1S/C20H34N2O5/c1-15-17(24)7-9-19(3,26-5)8-6-11-21(4)20(14-27-18(15)25)10-12-22(13-20)16(2)23/h15H,6-14H2,1-5H3/t15?,19-,20?/m1/s1. The molecule has 0 bridgehead atoms. The van der Waals surface area contributed by atoms with Gasteiger partial charge in [-0.05, 0) is 53.1 Å². The van der Waals surface area contributed by atoms with Crippen LogP contribution in [0.25, 0.3) is 0 Å². The molecule has 0 aromatic carbocycles. The molecule has 1 amide bonds. The minimum Gasteiger partial charge on any atom is -0.463 e. The Bertz CT molecular complexity index is 581. The number of ketones is 1. The van der Waals surface area contributed by atoms with Crippen LogP contribution in [-0.2, 0) is 23.9 Å². The van der Waals surface area contributed by atoms with Crippen LogP contribution >= 0.6 is 0 Å². The van der Waals surface area contributed by atoms with Crippen LogP contribution in [0.15, 0.2) is 0 Å². The van der Waals surface area contributed by atoms with Crippen molar-refractivity contribution in [1.29, 1.82) is 0 Å². The third-order valence-corrected chi connectivity index (χ3v) is 6.50. The predicted molar refractivity (Wildman–Crippen MR) is 101 cm³/mol. The smallest absolute Gasteiger partial charge is 0.316 e. The van der Waals surface area contributed by atoms with Gasteiger partial charge in [0.1, 0.15) is 18.3 Å². The molecule has 0 aromatic heterocycles. The highest BCUT2D eigenvalue weighted by atomic mass is 16.5. The molecule has 2 heterocycles. The molecule has 2 rings (SSSR count). The molecule has 154 valence electrons. The molecule has 0 aromatic rings. The molecule has 0 saturated carbocycles. The number of carbonyl (C=O) groups is 3. The van der Waals surface area contributed by atoms with Crippen molar-refractivity contribution in [3.8, 4) is 0 Å². The number of cyclic esters (lactones) is 1. The van der Waals surface area contributed by atoms with Gasteiger partial charge in [-0.25, -0.2) is 0 Å². The van der Waals surface area contributed by atoms with Gasteiger partial charge in [0.15, 0.2) is 0 Å². The summed E-state index contributed by atoms with van der Waals surface area (Å²) < 4.78 is 11.3. The van der Waals surface area contributed by atoms with Crippen LogP contribution in [0.3, 0.4) is 0 Å². The SMILES string of the molecule is CO[C@]1(C)CCCN(C)C2(CCN(C(C)=O)C2)COC(=O)C(C)C(=O)CC1. The predicted octanol–water partition coefficient (Wildman–Crippen LogP) is 1.64. The lowest BCUT2D eigenvalue weighted by Crippen LogP contribution is -2.53. The first-order valence-electron chi connectivity index (χ1n) is 9.84. The Labute approximate surface area is 162 Å². The maximum Gasteiger partial charge on any atom is 0.316 e. The first kappa shape index (κ1) is 21.8. The van der Waals surface area contributed by atoms with Gasteiger partial charge in [0.2, 0.25) is 5.91 Å². The van der Waals surface area contributed by atoms with Crippen LogP contribution < -0.4 is 0 Å². The monoisotopic (exact) mass is 382 g/mol. The van der Waals surface area contributed by atoms with Crippen molar-refractivity contribution >= 4 is 17.7 Å². The number of methoxy groups -OCH3 is 1. The van der Waals surface area contributed by atoms with E-state index < -0.39 is 17.4 Å². The molecule has 7 heteroatoms. The highest BCUT2D eigenvalue weighted by molar-refractivity contribution is 5.98. The Morgan fingerprint density at radius 2 is 1.93 bits per heavy atom. The molecular formula is C20H34N2O5. The molecular weight excluding hydrogens is 348 g/mol. The van der Waals surface area contributed by atoms with E-state index in [-0.39, 0.29) is 23.9 Å². The molecule has 3 atom stereocenters. The van der Waals surface area contributed by atoms with E-state index in [9.17, 15) is 14.4 Å². The van der Waals surface area contributed by atoms with E-state index in [1.807, 2.05) is 14.0 Å². The quantitative estimate of drug-likeness (QED) is 0.507. The summed E-state index contributed by atoms with van der Waals surface area (Å²) in [4.78, 5) is 40.7. The summed E-state index contributed by atoms with van der Waals surface area (Å²) in [5, 5.41) is 0. The van der Waals surface area contributed by atoms with Gasteiger partial charge in [0.05, 0.1) is 11.1 Å². The minimum atomic E-state index is -0.778. The number of Topliss-reactive ketones (excluding diaryl/α,β-unsaturated/α-hetero) is 1. The van der Waals surface area contributed by atoms with Crippen LogP contribution in [0.1, 0.15) is 52.9 Å². The van der Waals surface area contributed by atoms with Gasteiger partial charge in [-0.15, -0.1) is 0 Å². The maximum atomic E-state index is 12.4. The second-order valence-corrected chi connectivity index (χ2v) is 8.39. The van der Waals surface area contributed by atoms with Gasteiger partial charge in [0.25, 0.3) is 0 Å². The van der Waals surface area contributed by atoms with E-state index in [0.29, 0.717) is 25.9 Å². The summed E-state index contributed by atoms with van der Waals surface area (Å²) in [6, 6.07) is 0. The molecule has 2 saturated heterocycles. The van der Waals surface area contributed by atoms with E-state index in [0.717, 1.165) is 25.8 Å². The van der Waals surface area contributed by atoms with Gasteiger partial charge in [-0.3, -0.25) is 19.3 Å². The van der Waals surface area contributed by atoms with Crippen molar-refractivity contribution in [2.75, 3.05) is 40.4 Å². The van der Waals surface area contributed by atoms with E-state index >= 15 is 0 Å². The molecule has 2 aliphatic rings. The van der Waals surface area contributed by atoms with Crippen LogP contribution in [0, 0.1) is 5.92 Å². The summed E-state index contributed by atoms with van der Waals surface area (Å²) >= 11 is 0. The topological polar surface area (TPSA) is 76.2 Å². The lowest BCUT2D eigenvalue weighted by molar-refractivity contribution is -0.155.